The third-order valence-electron chi connectivity index (χ3n) is 6.56. The Morgan fingerprint density at radius 3 is 2.41 bits per heavy atom. The zero-order valence-electron chi connectivity index (χ0n) is 19.1. The summed E-state index contributed by atoms with van der Waals surface area (Å²) in [7, 11) is 0. The van der Waals surface area contributed by atoms with Gasteiger partial charge in [-0.05, 0) is 77.9 Å². The molecule has 2 aromatic heterocycles. The minimum atomic E-state index is 0.834. The maximum absolute atomic E-state index is 5.47. The van der Waals surface area contributed by atoms with Gasteiger partial charge in [-0.1, -0.05) is 24.3 Å². The van der Waals surface area contributed by atoms with Crippen LogP contribution in [0.4, 0.5) is 0 Å². The normalized spacial score (nSPS) is 14.7. The van der Waals surface area contributed by atoms with Crippen LogP contribution in [0.2, 0.25) is 0 Å². The summed E-state index contributed by atoms with van der Waals surface area (Å²) in [5.41, 5.74) is 11.0. The van der Waals surface area contributed by atoms with Crippen molar-refractivity contribution in [3.8, 4) is 22.3 Å². The summed E-state index contributed by atoms with van der Waals surface area (Å²) >= 11 is 0. The van der Waals surface area contributed by atoms with Crippen LogP contribution in [0.15, 0.2) is 61.1 Å². The number of hydrogen-bond donors (Lipinski definition) is 0. The van der Waals surface area contributed by atoms with Crippen LogP contribution in [0, 0.1) is 20.8 Å². The fraction of sp³-hybridized carbons (Fsp3) is 0.286. The average molecular weight is 424 g/mol. The molecule has 0 aliphatic carbocycles. The lowest BCUT2D eigenvalue weighted by atomic mass is 9.88. The molecule has 4 aromatic rings. The lowest BCUT2D eigenvalue weighted by molar-refractivity contribution is 0.0342. The van der Waals surface area contributed by atoms with E-state index in [2.05, 4.69) is 73.1 Å². The van der Waals surface area contributed by atoms with Crippen molar-refractivity contribution in [1.29, 1.82) is 0 Å². The van der Waals surface area contributed by atoms with E-state index in [4.69, 9.17) is 9.72 Å². The zero-order valence-corrected chi connectivity index (χ0v) is 19.1. The molecule has 0 atom stereocenters. The van der Waals surface area contributed by atoms with Gasteiger partial charge in [-0.2, -0.15) is 0 Å². The molecule has 0 spiro atoms. The maximum atomic E-state index is 5.47. The standard InChI is InChI=1S/C28H29N3O/c1-19-8-10-29-17-25(19)24-9-11-30-26-16-20(2)27(21(3)28(24)26)23-6-4-22(5-7-23)18-31-12-14-32-15-13-31/h4-11,16-17H,12-15,18H2,1-3H3. The molecule has 0 N–H and O–H groups in total. The van der Waals surface area contributed by atoms with Crippen molar-refractivity contribution in [2.75, 3.05) is 26.3 Å². The molecule has 1 saturated heterocycles. The molecular formula is C28H29N3O. The van der Waals surface area contributed by atoms with Gasteiger partial charge in [0.2, 0.25) is 0 Å². The van der Waals surface area contributed by atoms with Gasteiger partial charge in [-0.15, -0.1) is 0 Å². The summed E-state index contributed by atoms with van der Waals surface area (Å²) in [5, 5.41) is 1.21. The lowest BCUT2D eigenvalue weighted by Crippen LogP contribution is -2.35. The summed E-state index contributed by atoms with van der Waals surface area (Å²) in [6, 6.07) is 15.5. The quantitative estimate of drug-likeness (QED) is 0.421. The number of ether oxygens (including phenoxy) is 1. The number of aromatic nitrogens is 2. The summed E-state index contributed by atoms with van der Waals surface area (Å²) in [6.07, 6.45) is 5.72. The third kappa shape index (κ3) is 3.92. The van der Waals surface area contributed by atoms with Gasteiger partial charge in [0.15, 0.2) is 0 Å². The summed E-state index contributed by atoms with van der Waals surface area (Å²) in [4.78, 5) is 11.5. The van der Waals surface area contributed by atoms with E-state index in [0.29, 0.717) is 0 Å². The van der Waals surface area contributed by atoms with Crippen LogP contribution in [0.3, 0.4) is 0 Å². The number of aryl methyl sites for hydroxylation is 3. The van der Waals surface area contributed by atoms with Crippen LogP contribution in [-0.4, -0.2) is 41.2 Å². The highest BCUT2D eigenvalue weighted by Gasteiger charge is 2.16. The molecule has 3 heterocycles. The number of nitrogens with zero attached hydrogens (tertiary/aromatic N) is 3. The number of morpholine rings is 1. The molecule has 0 bridgehead atoms. The van der Waals surface area contributed by atoms with Crippen molar-refractivity contribution in [2.24, 2.45) is 0 Å². The van der Waals surface area contributed by atoms with E-state index in [-0.39, 0.29) is 0 Å². The first-order valence-electron chi connectivity index (χ1n) is 11.3. The second-order valence-electron chi connectivity index (χ2n) is 8.72. The second-order valence-corrected chi connectivity index (χ2v) is 8.72. The fourth-order valence-electron chi connectivity index (χ4n) is 4.89. The second kappa shape index (κ2) is 8.81. The van der Waals surface area contributed by atoms with Crippen LogP contribution in [0.5, 0.6) is 0 Å². The first kappa shape index (κ1) is 20.8. The average Bonchev–Trinajstić information content (AvgIpc) is 2.81. The Bertz CT molecular complexity index is 1260. The Morgan fingerprint density at radius 2 is 1.66 bits per heavy atom. The van der Waals surface area contributed by atoms with E-state index in [1.165, 1.54) is 49.9 Å². The highest BCUT2D eigenvalue weighted by atomic mass is 16.5. The van der Waals surface area contributed by atoms with Crippen LogP contribution < -0.4 is 0 Å². The van der Waals surface area contributed by atoms with E-state index in [1.54, 1.807) is 0 Å². The van der Waals surface area contributed by atoms with Crippen molar-refractivity contribution < 1.29 is 4.74 Å². The van der Waals surface area contributed by atoms with Crippen molar-refractivity contribution in [3.05, 3.63) is 83.3 Å². The molecule has 162 valence electrons. The molecule has 1 aliphatic rings. The maximum Gasteiger partial charge on any atom is 0.0713 e. The van der Waals surface area contributed by atoms with Gasteiger partial charge in [0.1, 0.15) is 0 Å². The molecule has 0 saturated carbocycles. The molecule has 1 aliphatic heterocycles. The Balaban J connectivity index is 1.57. The van der Waals surface area contributed by atoms with E-state index in [1.807, 2.05) is 18.6 Å². The van der Waals surface area contributed by atoms with E-state index in [9.17, 15) is 0 Å². The molecule has 4 nitrogen and oxygen atoms in total. The third-order valence-corrected chi connectivity index (χ3v) is 6.56. The molecule has 5 rings (SSSR count). The Labute approximate surface area is 189 Å². The number of hydrogen-bond acceptors (Lipinski definition) is 4. The highest BCUT2D eigenvalue weighted by molar-refractivity contribution is 6.01. The van der Waals surface area contributed by atoms with Gasteiger partial charge in [-0.25, -0.2) is 0 Å². The molecule has 1 fully saturated rings. The minimum Gasteiger partial charge on any atom is -0.379 e. The minimum absolute atomic E-state index is 0.834. The predicted molar refractivity (Wildman–Crippen MR) is 131 cm³/mol. The monoisotopic (exact) mass is 423 g/mol. The van der Waals surface area contributed by atoms with Gasteiger partial charge < -0.3 is 4.74 Å². The highest BCUT2D eigenvalue weighted by Crippen LogP contribution is 2.38. The van der Waals surface area contributed by atoms with Crippen LogP contribution in [0.25, 0.3) is 33.2 Å². The summed E-state index contributed by atoms with van der Waals surface area (Å²) in [5.74, 6) is 0. The molecule has 0 amide bonds. The Hall–Kier alpha value is -3.08. The van der Waals surface area contributed by atoms with Gasteiger partial charge >= 0.3 is 0 Å². The lowest BCUT2D eigenvalue weighted by Gasteiger charge is -2.26. The van der Waals surface area contributed by atoms with Crippen molar-refractivity contribution in [3.63, 3.8) is 0 Å². The molecular weight excluding hydrogens is 394 g/mol. The molecule has 0 radical (unpaired) electrons. The SMILES string of the molecule is Cc1ccncc1-c1ccnc2cc(C)c(-c3ccc(CN4CCOCC4)cc3)c(C)c12. The Kier molecular flexibility index (Phi) is 5.73. The molecule has 0 unspecified atom stereocenters. The number of rotatable bonds is 4. The van der Waals surface area contributed by atoms with Gasteiger partial charge in [0.05, 0.1) is 18.7 Å². The molecule has 32 heavy (non-hydrogen) atoms. The Morgan fingerprint density at radius 1 is 0.875 bits per heavy atom. The first-order valence-corrected chi connectivity index (χ1v) is 11.3. The number of fused-ring (bicyclic) bond motifs is 1. The largest absolute Gasteiger partial charge is 0.379 e. The van der Waals surface area contributed by atoms with E-state index < -0.39 is 0 Å². The van der Waals surface area contributed by atoms with Crippen molar-refractivity contribution >= 4 is 10.9 Å². The van der Waals surface area contributed by atoms with Crippen molar-refractivity contribution in [1.82, 2.24) is 14.9 Å². The zero-order chi connectivity index (χ0) is 22.1. The topological polar surface area (TPSA) is 38.2 Å². The van der Waals surface area contributed by atoms with E-state index in [0.717, 1.165) is 38.4 Å². The summed E-state index contributed by atoms with van der Waals surface area (Å²) in [6.45, 7) is 11.2. The molecule has 2 aromatic carbocycles. The number of pyridine rings is 2. The van der Waals surface area contributed by atoms with Gasteiger partial charge in [0, 0.05) is 49.2 Å². The van der Waals surface area contributed by atoms with Crippen molar-refractivity contribution in [2.45, 2.75) is 27.3 Å². The number of benzene rings is 2. The van der Waals surface area contributed by atoms with Crippen LogP contribution in [-0.2, 0) is 11.3 Å². The van der Waals surface area contributed by atoms with Crippen LogP contribution >= 0.6 is 0 Å². The first-order chi connectivity index (χ1) is 15.6. The van der Waals surface area contributed by atoms with Crippen LogP contribution in [0.1, 0.15) is 22.3 Å². The van der Waals surface area contributed by atoms with Gasteiger partial charge in [0.25, 0.3) is 0 Å². The summed E-state index contributed by atoms with van der Waals surface area (Å²) < 4.78 is 5.47. The van der Waals surface area contributed by atoms with Gasteiger partial charge in [-0.3, -0.25) is 14.9 Å². The molecule has 4 heteroatoms. The predicted octanol–water partition coefficient (Wildman–Crippen LogP) is 5.72. The fourth-order valence-corrected chi connectivity index (χ4v) is 4.89. The van der Waals surface area contributed by atoms with E-state index >= 15 is 0 Å². The smallest absolute Gasteiger partial charge is 0.0713 e.